The van der Waals surface area contributed by atoms with E-state index >= 15 is 0 Å². The highest BCUT2D eigenvalue weighted by Crippen LogP contribution is 2.36. The minimum atomic E-state index is -4.46. The van der Waals surface area contributed by atoms with Crippen LogP contribution in [0, 0.1) is 0 Å². The second kappa shape index (κ2) is 5.36. The molecule has 1 heterocycles. The monoisotopic (exact) mass is 272 g/mol. The number of halogens is 3. The summed E-state index contributed by atoms with van der Waals surface area (Å²) in [5.41, 5.74) is -0.830. The zero-order valence-electron chi connectivity index (χ0n) is 9.78. The molecular formula is C13H11F3O3. The summed E-state index contributed by atoms with van der Waals surface area (Å²) < 4.78 is 48.3. The molecule has 2 rings (SSSR count). The normalized spacial score (nSPS) is 11.6. The summed E-state index contributed by atoms with van der Waals surface area (Å²) >= 11 is 0. The van der Waals surface area contributed by atoms with E-state index in [1.165, 1.54) is 24.3 Å². The summed E-state index contributed by atoms with van der Waals surface area (Å²) in [5.74, 6) is 0.431. The quantitative estimate of drug-likeness (QED) is 0.927. The fourth-order valence-electron chi connectivity index (χ4n) is 1.56. The molecular weight excluding hydrogens is 261 g/mol. The molecule has 102 valence electrons. The van der Waals surface area contributed by atoms with Crippen molar-refractivity contribution < 1.29 is 27.4 Å². The SMILES string of the molecule is OCc1ccc(COc2ccccc2C(F)(F)F)o1. The Hall–Kier alpha value is -1.95. The number of aliphatic hydroxyl groups is 1. The summed E-state index contributed by atoms with van der Waals surface area (Å²) in [6.07, 6.45) is -4.46. The molecule has 6 heteroatoms. The summed E-state index contributed by atoms with van der Waals surface area (Å²) in [5, 5.41) is 8.80. The van der Waals surface area contributed by atoms with Crippen molar-refractivity contribution in [2.45, 2.75) is 19.4 Å². The lowest BCUT2D eigenvalue weighted by Crippen LogP contribution is -2.08. The van der Waals surface area contributed by atoms with Gasteiger partial charge in [-0.05, 0) is 24.3 Å². The van der Waals surface area contributed by atoms with Gasteiger partial charge in [-0.15, -0.1) is 0 Å². The van der Waals surface area contributed by atoms with Crippen molar-refractivity contribution in [2.75, 3.05) is 0 Å². The third-order valence-corrected chi connectivity index (χ3v) is 2.44. The zero-order chi connectivity index (χ0) is 13.9. The van der Waals surface area contributed by atoms with Gasteiger partial charge in [0.15, 0.2) is 0 Å². The van der Waals surface area contributed by atoms with E-state index in [1.807, 2.05) is 0 Å². The van der Waals surface area contributed by atoms with Gasteiger partial charge >= 0.3 is 6.18 Å². The van der Waals surface area contributed by atoms with Crippen LogP contribution in [-0.2, 0) is 19.4 Å². The molecule has 2 aromatic rings. The second-order valence-corrected chi connectivity index (χ2v) is 3.81. The molecule has 0 atom stereocenters. The maximum Gasteiger partial charge on any atom is 0.419 e. The predicted octanol–water partition coefficient (Wildman–Crippen LogP) is 3.37. The van der Waals surface area contributed by atoms with Crippen LogP contribution in [0.3, 0.4) is 0 Å². The molecule has 1 aromatic carbocycles. The number of hydrogen-bond donors (Lipinski definition) is 1. The molecule has 0 aliphatic heterocycles. The van der Waals surface area contributed by atoms with Crippen molar-refractivity contribution in [1.82, 2.24) is 0 Å². The third-order valence-electron chi connectivity index (χ3n) is 2.44. The molecule has 0 saturated carbocycles. The second-order valence-electron chi connectivity index (χ2n) is 3.81. The number of alkyl halides is 3. The topological polar surface area (TPSA) is 42.6 Å². The summed E-state index contributed by atoms with van der Waals surface area (Å²) in [7, 11) is 0. The molecule has 0 unspecified atom stereocenters. The fourth-order valence-corrected chi connectivity index (χ4v) is 1.56. The van der Waals surface area contributed by atoms with Crippen molar-refractivity contribution >= 4 is 0 Å². The summed E-state index contributed by atoms with van der Waals surface area (Å²) in [4.78, 5) is 0. The van der Waals surface area contributed by atoms with Gasteiger partial charge in [0.25, 0.3) is 0 Å². The molecule has 0 saturated heterocycles. The Kier molecular flexibility index (Phi) is 3.80. The van der Waals surface area contributed by atoms with Crippen LogP contribution in [0.25, 0.3) is 0 Å². The molecule has 0 fully saturated rings. The molecule has 1 N–H and O–H groups in total. The highest BCUT2D eigenvalue weighted by Gasteiger charge is 2.34. The Morgan fingerprint density at radius 3 is 2.37 bits per heavy atom. The number of rotatable bonds is 4. The van der Waals surface area contributed by atoms with Crippen LogP contribution in [0.2, 0.25) is 0 Å². The first-order valence-electron chi connectivity index (χ1n) is 5.48. The minimum absolute atomic E-state index is 0.132. The number of para-hydroxylation sites is 1. The van der Waals surface area contributed by atoms with Gasteiger partial charge in [0.2, 0.25) is 0 Å². The van der Waals surface area contributed by atoms with Gasteiger partial charge in [0, 0.05) is 0 Å². The standard InChI is InChI=1S/C13H11F3O3/c14-13(15,16)11-3-1-2-4-12(11)18-8-10-6-5-9(7-17)19-10/h1-6,17H,7-8H2. The fraction of sp³-hybridized carbons (Fsp3) is 0.231. The average Bonchev–Trinajstić information content (AvgIpc) is 2.83. The van der Waals surface area contributed by atoms with Crippen molar-refractivity contribution in [3.63, 3.8) is 0 Å². The van der Waals surface area contributed by atoms with Crippen molar-refractivity contribution in [2.24, 2.45) is 0 Å². The Labute approximate surface area is 107 Å². The lowest BCUT2D eigenvalue weighted by atomic mass is 10.2. The maximum atomic E-state index is 12.7. The molecule has 0 bridgehead atoms. The number of benzene rings is 1. The highest BCUT2D eigenvalue weighted by atomic mass is 19.4. The van der Waals surface area contributed by atoms with Crippen LogP contribution in [0.1, 0.15) is 17.1 Å². The molecule has 3 nitrogen and oxygen atoms in total. The van der Waals surface area contributed by atoms with E-state index in [-0.39, 0.29) is 19.0 Å². The molecule has 0 aliphatic rings. The number of hydrogen-bond acceptors (Lipinski definition) is 3. The van der Waals surface area contributed by atoms with Gasteiger partial charge in [0.1, 0.15) is 30.5 Å². The van der Waals surface area contributed by atoms with E-state index in [0.29, 0.717) is 11.5 Å². The first-order chi connectivity index (χ1) is 9.00. The van der Waals surface area contributed by atoms with E-state index in [4.69, 9.17) is 14.3 Å². The summed E-state index contributed by atoms with van der Waals surface area (Å²) in [6, 6.07) is 8.05. The highest BCUT2D eigenvalue weighted by molar-refractivity contribution is 5.35. The Balaban J connectivity index is 2.11. The van der Waals surface area contributed by atoms with E-state index in [0.717, 1.165) is 6.07 Å². The van der Waals surface area contributed by atoms with Crippen molar-refractivity contribution in [1.29, 1.82) is 0 Å². The van der Waals surface area contributed by atoms with E-state index in [2.05, 4.69) is 0 Å². The number of ether oxygens (including phenoxy) is 1. The predicted molar refractivity (Wildman–Crippen MR) is 60.4 cm³/mol. The van der Waals surface area contributed by atoms with Gasteiger partial charge in [-0.2, -0.15) is 13.2 Å². The minimum Gasteiger partial charge on any atom is -0.485 e. The van der Waals surface area contributed by atoms with E-state index in [1.54, 1.807) is 6.07 Å². The molecule has 1 aromatic heterocycles. The van der Waals surface area contributed by atoms with Crippen molar-refractivity contribution in [3.8, 4) is 5.75 Å². The molecule has 0 amide bonds. The van der Waals surface area contributed by atoms with Gasteiger partial charge < -0.3 is 14.3 Å². The smallest absolute Gasteiger partial charge is 0.419 e. The number of furan rings is 1. The van der Waals surface area contributed by atoms with Crippen LogP contribution in [-0.4, -0.2) is 5.11 Å². The lowest BCUT2D eigenvalue weighted by Gasteiger charge is -2.12. The first kappa shape index (κ1) is 13.5. The molecule has 19 heavy (non-hydrogen) atoms. The van der Waals surface area contributed by atoms with Gasteiger partial charge in [0.05, 0.1) is 5.56 Å². The van der Waals surface area contributed by atoms with E-state index in [9.17, 15) is 13.2 Å². The van der Waals surface area contributed by atoms with Crippen LogP contribution in [0.5, 0.6) is 5.75 Å². The third kappa shape index (κ3) is 3.29. The van der Waals surface area contributed by atoms with Gasteiger partial charge in [-0.1, -0.05) is 12.1 Å². The zero-order valence-corrected chi connectivity index (χ0v) is 9.78. The summed E-state index contributed by atoms with van der Waals surface area (Å²) in [6.45, 7) is -0.397. The molecule has 0 spiro atoms. The van der Waals surface area contributed by atoms with Crippen LogP contribution in [0.15, 0.2) is 40.8 Å². The largest absolute Gasteiger partial charge is 0.485 e. The van der Waals surface area contributed by atoms with Crippen LogP contribution >= 0.6 is 0 Å². The van der Waals surface area contributed by atoms with Crippen molar-refractivity contribution in [3.05, 3.63) is 53.5 Å². The van der Waals surface area contributed by atoms with Gasteiger partial charge in [-0.25, -0.2) is 0 Å². The average molecular weight is 272 g/mol. The molecule has 0 aliphatic carbocycles. The Morgan fingerprint density at radius 2 is 1.74 bits per heavy atom. The van der Waals surface area contributed by atoms with Crippen LogP contribution in [0.4, 0.5) is 13.2 Å². The Morgan fingerprint density at radius 1 is 1.05 bits per heavy atom. The first-order valence-corrected chi connectivity index (χ1v) is 5.48. The number of aliphatic hydroxyl groups excluding tert-OH is 1. The van der Waals surface area contributed by atoms with Crippen LogP contribution < -0.4 is 4.74 Å². The van der Waals surface area contributed by atoms with Gasteiger partial charge in [-0.3, -0.25) is 0 Å². The molecule has 0 radical (unpaired) electrons. The lowest BCUT2D eigenvalue weighted by molar-refractivity contribution is -0.139. The Bertz CT molecular complexity index is 546. The maximum absolute atomic E-state index is 12.7. The van der Waals surface area contributed by atoms with E-state index < -0.39 is 11.7 Å².